The highest BCUT2D eigenvalue weighted by Gasteiger charge is 2.31. The van der Waals surface area contributed by atoms with E-state index in [4.69, 9.17) is 11.6 Å². The third kappa shape index (κ3) is 3.38. The summed E-state index contributed by atoms with van der Waals surface area (Å²) in [5.41, 5.74) is 1.00. The van der Waals surface area contributed by atoms with Crippen LogP contribution in [-0.4, -0.2) is 45.0 Å². The number of pyridine rings is 1. The molecule has 2 heterocycles. The first-order valence-corrected chi connectivity index (χ1v) is 8.35. The van der Waals surface area contributed by atoms with Crippen LogP contribution in [0, 0.1) is 0 Å². The molecular formula is C12H18ClN3O2S. The molecule has 0 aliphatic carbocycles. The summed E-state index contributed by atoms with van der Waals surface area (Å²) in [6.45, 7) is 0.703. The number of sulfone groups is 1. The Kier molecular flexibility index (Phi) is 4.32. The Morgan fingerprint density at radius 1 is 1.58 bits per heavy atom. The Bertz CT molecular complexity index is 562. The quantitative estimate of drug-likeness (QED) is 0.902. The lowest BCUT2D eigenvalue weighted by atomic mass is 10.2. The molecule has 19 heavy (non-hydrogen) atoms. The standard InChI is InChI=1S/C12H18ClN3O2S/c1-14-6-9-5-11(13)12(15-7-9)16(2)10-3-4-19(17,18)8-10/h5,7,10,14H,3-4,6,8H2,1-2H3. The van der Waals surface area contributed by atoms with Crippen LogP contribution in [0.15, 0.2) is 12.3 Å². The Hall–Kier alpha value is -0.850. The van der Waals surface area contributed by atoms with Gasteiger partial charge in [-0.2, -0.15) is 0 Å². The van der Waals surface area contributed by atoms with Gasteiger partial charge < -0.3 is 10.2 Å². The van der Waals surface area contributed by atoms with Crippen molar-refractivity contribution in [2.45, 2.75) is 19.0 Å². The zero-order chi connectivity index (χ0) is 14.0. The van der Waals surface area contributed by atoms with Crippen molar-refractivity contribution in [1.29, 1.82) is 0 Å². The fourth-order valence-electron chi connectivity index (χ4n) is 2.28. The molecule has 2 rings (SSSR count). The number of hydrogen-bond acceptors (Lipinski definition) is 5. The van der Waals surface area contributed by atoms with E-state index in [9.17, 15) is 8.42 Å². The van der Waals surface area contributed by atoms with Gasteiger partial charge in [-0.25, -0.2) is 13.4 Å². The van der Waals surface area contributed by atoms with Crippen molar-refractivity contribution in [3.63, 3.8) is 0 Å². The predicted octanol–water partition coefficient (Wildman–Crippen LogP) is 1.08. The van der Waals surface area contributed by atoms with Crippen LogP contribution in [0.3, 0.4) is 0 Å². The number of nitrogens with zero attached hydrogens (tertiary/aromatic N) is 2. The number of hydrogen-bond donors (Lipinski definition) is 1. The molecule has 0 spiro atoms. The van der Waals surface area contributed by atoms with Gasteiger partial charge in [0.05, 0.1) is 16.5 Å². The first kappa shape index (κ1) is 14.6. The monoisotopic (exact) mass is 303 g/mol. The van der Waals surface area contributed by atoms with E-state index in [2.05, 4.69) is 10.3 Å². The molecule has 1 aromatic heterocycles. The van der Waals surface area contributed by atoms with Gasteiger partial charge in [-0.05, 0) is 25.1 Å². The first-order valence-electron chi connectivity index (χ1n) is 6.15. The van der Waals surface area contributed by atoms with Crippen LogP contribution in [-0.2, 0) is 16.4 Å². The molecule has 0 radical (unpaired) electrons. The van der Waals surface area contributed by atoms with Crippen LogP contribution in [0.2, 0.25) is 5.02 Å². The molecule has 0 amide bonds. The van der Waals surface area contributed by atoms with Crippen molar-refractivity contribution >= 4 is 27.3 Å². The van der Waals surface area contributed by atoms with E-state index < -0.39 is 9.84 Å². The van der Waals surface area contributed by atoms with Crippen LogP contribution in [0.4, 0.5) is 5.82 Å². The van der Waals surface area contributed by atoms with E-state index >= 15 is 0 Å². The van der Waals surface area contributed by atoms with Gasteiger partial charge in [0, 0.05) is 25.8 Å². The second-order valence-corrected chi connectivity index (χ2v) is 7.48. The van der Waals surface area contributed by atoms with Crippen molar-refractivity contribution in [1.82, 2.24) is 10.3 Å². The van der Waals surface area contributed by atoms with Crippen molar-refractivity contribution < 1.29 is 8.42 Å². The Morgan fingerprint density at radius 2 is 2.32 bits per heavy atom. The van der Waals surface area contributed by atoms with Gasteiger partial charge in [0.25, 0.3) is 0 Å². The fourth-order valence-corrected chi connectivity index (χ4v) is 4.38. The molecule has 1 unspecified atom stereocenters. The van der Waals surface area contributed by atoms with Crippen molar-refractivity contribution in [2.24, 2.45) is 0 Å². The maximum absolute atomic E-state index is 11.5. The highest BCUT2D eigenvalue weighted by molar-refractivity contribution is 7.91. The molecule has 0 bridgehead atoms. The largest absolute Gasteiger partial charge is 0.354 e. The summed E-state index contributed by atoms with van der Waals surface area (Å²) in [5.74, 6) is 1.07. The molecule has 0 aromatic carbocycles. The van der Waals surface area contributed by atoms with Gasteiger partial charge >= 0.3 is 0 Å². The predicted molar refractivity (Wildman–Crippen MR) is 77.5 cm³/mol. The molecule has 1 aliphatic rings. The van der Waals surface area contributed by atoms with E-state index in [0.717, 1.165) is 5.56 Å². The Morgan fingerprint density at radius 3 is 2.84 bits per heavy atom. The molecule has 7 heteroatoms. The number of nitrogens with one attached hydrogen (secondary N) is 1. The minimum absolute atomic E-state index is 0.0369. The van der Waals surface area contributed by atoms with E-state index in [1.807, 2.05) is 25.1 Å². The summed E-state index contributed by atoms with van der Waals surface area (Å²) in [5, 5.41) is 3.59. The second kappa shape index (κ2) is 5.64. The number of rotatable bonds is 4. The summed E-state index contributed by atoms with van der Waals surface area (Å²) in [4.78, 5) is 6.22. The molecule has 106 valence electrons. The summed E-state index contributed by atoms with van der Waals surface area (Å²) in [6.07, 6.45) is 2.40. The lowest BCUT2D eigenvalue weighted by Crippen LogP contribution is -2.33. The molecule has 5 nitrogen and oxygen atoms in total. The maximum Gasteiger partial charge on any atom is 0.152 e. The molecule has 1 N–H and O–H groups in total. The minimum Gasteiger partial charge on any atom is -0.354 e. The minimum atomic E-state index is -2.90. The molecule has 0 saturated carbocycles. The third-order valence-electron chi connectivity index (χ3n) is 3.35. The van der Waals surface area contributed by atoms with Crippen LogP contribution in [0.5, 0.6) is 0 Å². The molecule has 1 atom stereocenters. The first-order chi connectivity index (χ1) is 8.93. The van der Waals surface area contributed by atoms with Crippen molar-refractivity contribution in [3.05, 3.63) is 22.8 Å². The molecule has 1 fully saturated rings. The fraction of sp³-hybridized carbons (Fsp3) is 0.583. The van der Waals surface area contributed by atoms with Gasteiger partial charge in [-0.3, -0.25) is 0 Å². The number of anilines is 1. The van der Waals surface area contributed by atoms with Gasteiger partial charge in [0.1, 0.15) is 5.82 Å². The van der Waals surface area contributed by atoms with E-state index in [-0.39, 0.29) is 17.5 Å². The van der Waals surface area contributed by atoms with Crippen LogP contribution in [0.25, 0.3) is 0 Å². The molecule has 1 aromatic rings. The average molecular weight is 304 g/mol. The lowest BCUT2D eigenvalue weighted by molar-refractivity contribution is 0.600. The van der Waals surface area contributed by atoms with E-state index in [0.29, 0.717) is 23.8 Å². The van der Waals surface area contributed by atoms with Crippen LogP contribution in [0.1, 0.15) is 12.0 Å². The van der Waals surface area contributed by atoms with Gasteiger partial charge in [-0.1, -0.05) is 11.6 Å². The van der Waals surface area contributed by atoms with Gasteiger partial charge in [0.15, 0.2) is 9.84 Å². The zero-order valence-corrected chi connectivity index (χ0v) is 12.6. The second-order valence-electron chi connectivity index (χ2n) is 4.85. The van der Waals surface area contributed by atoms with E-state index in [1.54, 1.807) is 6.20 Å². The van der Waals surface area contributed by atoms with Crippen LogP contribution < -0.4 is 10.2 Å². The highest BCUT2D eigenvalue weighted by atomic mass is 35.5. The SMILES string of the molecule is CNCc1cnc(N(C)C2CCS(=O)(=O)C2)c(Cl)c1. The topological polar surface area (TPSA) is 62.3 Å². The van der Waals surface area contributed by atoms with Crippen molar-refractivity contribution in [2.75, 3.05) is 30.5 Å². The van der Waals surface area contributed by atoms with E-state index in [1.165, 1.54) is 0 Å². The van der Waals surface area contributed by atoms with Gasteiger partial charge in [0.2, 0.25) is 0 Å². The smallest absolute Gasteiger partial charge is 0.152 e. The number of aromatic nitrogens is 1. The van der Waals surface area contributed by atoms with Crippen LogP contribution >= 0.6 is 11.6 Å². The molecule has 1 aliphatic heterocycles. The maximum atomic E-state index is 11.5. The summed E-state index contributed by atoms with van der Waals surface area (Å²) in [7, 11) is 0.803. The van der Waals surface area contributed by atoms with Crippen molar-refractivity contribution in [3.8, 4) is 0 Å². The Balaban J connectivity index is 2.18. The number of halogens is 1. The Labute approximate surface area is 118 Å². The summed E-state index contributed by atoms with van der Waals surface area (Å²) in [6, 6.07) is 1.82. The third-order valence-corrected chi connectivity index (χ3v) is 5.38. The lowest BCUT2D eigenvalue weighted by Gasteiger charge is -2.25. The van der Waals surface area contributed by atoms with Gasteiger partial charge in [-0.15, -0.1) is 0 Å². The summed E-state index contributed by atoms with van der Waals surface area (Å²) < 4.78 is 23.0. The molecule has 1 saturated heterocycles. The summed E-state index contributed by atoms with van der Waals surface area (Å²) >= 11 is 6.23. The molecular weight excluding hydrogens is 286 g/mol. The zero-order valence-electron chi connectivity index (χ0n) is 11.1. The normalized spacial score (nSPS) is 21.5. The average Bonchev–Trinajstić information content (AvgIpc) is 2.70. The highest BCUT2D eigenvalue weighted by Crippen LogP contribution is 2.28.